The number of hydrogen-bond acceptors (Lipinski definition) is 4. The van der Waals surface area contributed by atoms with Gasteiger partial charge in [0.25, 0.3) is 0 Å². The predicted octanol–water partition coefficient (Wildman–Crippen LogP) is 2.38. The third-order valence-electron chi connectivity index (χ3n) is 5.26. The number of nitrogens with one attached hydrogen (secondary N) is 1. The van der Waals surface area contributed by atoms with Crippen molar-refractivity contribution in [3.05, 3.63) is 30.1 Å². The van der Waals surface area contributed by atoms with Gasteiger partial charge in [0, 0.05) is 25.2 Å². The van der Waals surface area contributed by atoms with Gasteiger partial charge in [0.05, 0.1) is 18.2 Å². The van der Waals surface area contributed by atoms with Crippen molar-refractivity contribution < 1.29 is 22.8 Å². The molecule has 0 spiro atoms. The Balaban J connectivity index is 0.00000300. The first-order chi connectivity index (χ1) is 13.3. The molecule has 1 aromatic heterocycles. The number of likely N-dealkylation sites (tertiary alicyclic amines) is 1. The zero-order valence-electron chi connectivity index (χ0n) is 16.0. The summed E-state index contributed by atoms with van der Waals surface area (Å²) < 4.78 is 38.1. The first-order valence-corrected chi connectivity index (χ1v) is 9.59. The van der Waals surface area contributed by atoms with Gasteiger partial charge in [-0.1, -0.05) is 6.07 Å². The molecule has 3 heterocycles. The maximum atomic E-state index is 13.2. The van der Waals surface area contributed by atoms with Gasteiger partial charge in [0.1, 0.15) is 6.54 Å². The predicted molar refractivity (Wildman–Crippen MR) is 103 cm³/mol. The van der Waals surface area contributed by atoms with E-state index in [4.69, 9.17) is 0 Å². The van der Waals surface area contributed by atoms with Crippen LogP contribution in [-0.4, -0.2) is 65.0 Å². The molecule has 2 amide bonds. The van der Waals surface area contributed by atoms with E-state index in [1.54, 1.807) is 17.2 Å². The number of halogens is 4. The number of nitrogens with zero attached hydrogens (tertiary/aromatic N) is 3. The van der Waals surface area contributed by atoms with E-state index in [-0.39, 0.29) is 37.3 Å². The number of alkyl halides is 3. The summed E-state index contributed by atoms with van der Waals surface area (Å²) in [5, 5.41) is 3.30. The van der Waals surface area contributed by atoms with E-state index in [1.807, 2.05) is 12.1 Å². The van der Waals surface area contributed by atoms with Gasteiger partial charge in [-0.25, -0.2) is 0 Å². The normalized spacial score (nSPS) is 22.7. The second-order valence-corrected chi connectivity index (χ2v) is 7.41. The summed E-state index contributed by atoms with van der Waals surface area (Å²) in [6.07, 6.45) is -0.478. The molecule has 1 N–H and O–H groups in total. The van der Waals surface area contributed by atoms with E-state index in [1.165, 1.54) is 0 Å². The Morgan fingerprint density at radius 3 is 2.76 bits per heavy atom. The highest BCUT2D eigenvalue weighted by atomic mass is 35.5. The van der Waals surface area contributed by atoms with Crippen LogP contribution in [0, 0.1) is 5.92 Å². The number of carbonyl (C=O) groups is 2. The molecule has 6 nitrogen and oxygen atoms in total. The molecule has 29 heavy (non-hydrogen) atoms. The molecule has 2 unspecified atom stereocenters. The quantitative estimate of drug-likeness (QED) is 0.772. The first kappa shape index (κ1) is 23.4. The van der Waals surface area contributed by atoms with Crippen molar-refractivity contribution in [3.63, 3.8) is 0 Å². The van der Waals surface area contributed by atoms with Gasteiger partial charge in [0.15, 0.2) is 0 Å². The van der Waals surface area contributed by atoms with Crippen LogP contribution in [-0.2, 0) is 16.1 Å². The Morgan fingerprint density at radius 1 is 1.28 bits per heavy atom. The van der Waals surface area contributed by atoms with Gasteiger partial charge in [-0.15, -0.1) is 12.4 Å². The molecule has 0 aliphatic carbocycles. The van der Waals surface area contributed by atoms with Crippen LogP contribution in [0.25, 0.3) is 0 Å². The molecular formula is C19H26ClF3N4O2. The van der Waals surface area contributed by atoms with Crippen molar-refractivity contribution in [2.24, 2.45) is 5.92 Å². The maximum Gasteiger partial charge on any atom is 0.406 e. The second-order valence-electron chi connectivity index (χ2n) is 7.41. The van der Waals surface area contributed by atoms with Crippen molar-refractivity contribution in [2.75, 3.05) is 26.2 Å². The molecule has 0 saturated carbocycles. The van der Waals surface area contributed by atoms with Crippen LogP contribution in [0.2, 0.25) is 0 Å². The van der Waals surface area contributed by atoms with Gasteiger partial charge in [-0.3, -0.25) is 14.6 Å². The Hall–Kier alpha value is -1.87. The van der Waals surface area contributed by atoms with Crippen molar-refractivity contribution in [2.45, 2.75) is 44.4 Å². The van der Waals surface area contributed by atoms with Crippen molar-refractivity contribution in [1.82, 2.24) is 20.1 Å². The lowest BCUT2D eigenvalue weighted by Crippen LogP contribution is -2.44. The fourth-order valence-corrected chi connectivity index (χ4v) is 3.91. The second kappa shape index (κ2) is 10.2. The van der Waals surface area contributed by atoms with Crippen LogP contribution in [0.4, 0.5) is 13.2 Å². The number of hydrogen-bond donors (Lipinski definition) is 1. The fourth-order valence-electron chi connectivity index (χ4n) is 3.91. The molecule has 2 atom stereocenters. The lowest BCUT2D eigenvalue weighted by molar-refractivity contribution is -0.157. The SMILES string of the molecule is Cl.O=C1CC(C(=O)N(Cc2ccccn2)C2CCCNCC2)CN1CC(F)(F)F. The number of aromatic nitrogens is 1. The highest BCUT2D eigenvalue weighted by molar-refractivity contribution is 5.89. The summed E-state index contributed by atoms with van der Waals surface area (Å²) in [5.74, 6) is -1.61. The van der Waals surface area contributed by atoms with E-state index in [0.29, 0.717) is 6.54 Å². The summed E-state index contributed by atoms with van der Waals surface area (Å²) in [4.78, 5) is 32.0. The fraction of sp³-hybridized carbons (Fsp3) is 0.632. The average molecular weight is 435 g/mol. The number of amides is 2. The average Bonchev–Trinajstić information content (AvgIpc) is 2.85. The van der Waals surface area contributed by atoms with Crippen LogP contribution >= 0.6 is 12.4 Å². The lowest BCUT2D eigenvalue weighted by Gasteiger charge is -2.33. The molecule has 2 aliphatic heterocycles. The van der Waals surface area contributed by atoms with Gasteiger partial charge in [-0.05, 0) is 44.5 Å². The van der Waals surface area contributed by atoms with Gasteiger partial charge >= 0.3 is 6.18 Å². The Bertz CT molecular complexity index is 682. The van der Waals surface area contributed by atoms with E-state index < -0.39 is 24.5 Å². The Morgan fingerprint density at radius 2 is 2.07 bits per heavy atom. The minimum absolute atomic E-state index is 0. The number of pyridine rings is 1. The number of carbonyl (C=O) groups excluding carboxylic acids is 2. The molecule has 162 valence electrons. The Labute approximate surface area is 174 Å². The summed E-state index contributed by atoms with van der Waals surface area (Å²) in [6.45, 7) is 0.474. The minimum Gasteiger partial charge on any atom is -0.333 e. The highest BCUT2D eigenvalue weighted by Gasteiger charge is 2.42. The third kappa shape index (κ3) is 6.57. The van der Waals surface area contributed by atoms with Crippen LogP contribution in [0.5, 0.6) is 0 Å². The largest absolute Gasteiger partial charge is 0.406 e. The van der Waals surface area contributed by atoms with Crippen LogP contribution in [0.3, 0.4) is 0 Å². The molecule has 0 aromatic carbocycles. The minimum atomic E-state index is -4.46. The highest BCUT2D eigenvalue weighted by Crippen LogP contribution is 2.27. The third-order valence-corrected chi connectivity index (χ3v) is 5.26. The zero-order valence-corrected chi connectivity index (χ0v) is 16.8. The van der Waals surface area contributed by atoms with Crippen molar-refractivity contribution in [3.8, 4) is 0 Å². The summed E-state index contributed by atoms with van der Waals surface area (Å²) in [7, 11) is 0. The molecule has 2 aliphatic rings. The smallest absolute Gasteiger partial charge is 0.333 e. The summed E-state index contributed by atoms with van der Waals surface area (Å²) in [5.41, 5.74) is 0.726. The molecule has 2 saturated heterocycles. The van der Waals surface area contributed by atoms with E-state index in [9.17, 15) is 22.8 Å². The topological polar surface area (TPSA) is 65.5 Å². The standard InChI is InChI=1S/C19H25F3N4O2.ClH/c20-19(21,22)13-25-11-14(10-17(25)27)18(28)26(12-15-4-1-2-8-24-15)16-5-3-7-23-9-6-16;/h1-2,4,8,14,16,23H,3,5-7,9-13H2;1H. The van der Waals surface area contributed by atoms with Gasteiger partial charge in [-0.2, -0.15) is 13.2 Å². The van der Waals surface area contributed by atoms with Crippen molar-refractivity contribution in [1.29, 1.82) is 0 Å². The molecule has 0 radical (unpaired) electrons. The molecular weight excluding hydrogens is 409 g/mol. The van der Waals surface area contributed by atoms with E-state index in [0.717, 1.165) is 42.9 Å². The first-order valence-electron chi connectivity index (χ1n) is 9.59. The zero-order chi connectivity index (χ0) is 20.1. The molecule has 3 rings (SSSR count). The van der Waals surface area contributed by atoms with E-state index >= 15 is 0 Å². The molecule has 0 bridgehead atoms. The monoisotopic (exact) mass is 434 g/mol. The summed E-state index contributed by atoms with van der Waals surface area (Å²) in [6, 6.07) is 5.43. The van der Waals surface area contributed by atoms with Crippen LogP contribution in [0.15, 0.2) is 24.4 Å². The molecule has 10 heteroatoms. The lowest BCUT2D eigenvalue weighted by atomic mass is 10.0. The van der Waals surface area contributed by atoms with Gasteiger partial charge < -0.3 is 15.1 Å². The van der Waals surface area contributed by atoms with Crippen molar-refractivity contribution >= 4 is 24.2 Å². The molecule has 2 fully saturated rings. The number of rotatable bonds is 5. The van der Waals surface area contributed by atoms with Gasteiger partial charge in [0.2, 0.25) is 11.8 Å². The molecule has 1 aromatic rings. The van der Waals surface area contributed by atoms with E-state index in [2.05, 4.69) is 10.3 Å². The summed E-state index contributed by atoms with van der Waals surface area (Å²) >= 11 is 0. The Kier molecular flexibility index (Phi) is 8.27. The van der Waals surface area contributed by atoms with Crippen LogP contribution < -0.4 is 5.32 Å². The van der Waals surface area contributed by atoms with Crippen LogP contribution in [0.1, 0.15) is 31.4 Å². The maximum absolute atomic E-state index is 13.2.